The normalized spacial score (nSPS) is 10.2. The Balaban J connectivity index is 1.53. The van der Waals surface area contributed by atoms with Crippen LogP contribution >= 0.6 is 0 Å². The second kappa shape index (κ2) is 10.1. The third-order valence-corrected chi connectivity index (χ3v) is 4.77. The van der Waals surface area contributed by atoms with Crippen LogP contribution in [0.2, 0.25) is 0 Å². The summed E-state index contributed by atoms with van der Waals surface area (Å²) in [5.41, 5.74) is 5.93. The van der Waals surface area contributed by atoms with Crippen LogP contribution in [0.1, 0.15) is 47.9 Å². The Labute approximate surface area is 162 Å². The molecule has 0 aromatic heterocycles. The quantitative estimate of drug-likeness (QED) is 0.410. The van der Waals surface area contributed by atoms with Crippen molar-refractivity contribution >= 4 is 5.57 Å². The molecule has 0 spiro atoms. The van der Waals surface area contributed by atoms with Gasteiger partial charge in [0.2, 0.25) is 0 Å². The molecule has 0 radical (unpaired) electrons. The lowest BCUT2D eigenvalue weighted by atomic mass is 9.96. The van der Waals surface area contributed by atoms with Crippen LogP contribution in [0, 0.1) is 11.3 Å². The number of aryl methyl sites for hydroxylation is 1. The molecule has 0 saturated heterocycles. The summed E-state index contributed by atoms with van der Waals surface area (Å²) in [6, 6.07) is 31.4. The van der Waals surface area contributed by atoms with Gasteiger partial charge >= 0.3 is 0 Å². The second-order valence-electron chi connectivity index (χ2n) is 6.76. The van der Waals surface area contributed by atoms with Gasteiger partial charge in [0.25, 0.3) is 0 Å². The Bertz CT molecular complexity index is 843. The number of hydrogen-bond acceptors (Lipinski definition) is 1. The summed E-state index contributed by atoms with van der Waals surface area (Å²) in [5, 5.41) is 8.86. The van der Waals surface area contributed by atoms with E-state index in [9.17, 15) is 0 Å². The third-order valence-electron chi connectivity index (χ3n) is 4.77. The number of hydrogen-bond donors (Lipinski definition) is 0. The van der Waals surface area contributed by atoms with Gasteiger partial charge in [0.15, 0.2) is 0 Å². The van der Waals surface area contributed by atoms with E-state index >= 15 is 0 Å². The molecule has 1 heteroatoms. The Morgan fingerprint density at radius 2 is 1.30 bits per heavy atom. The first-order valence-corrected chi connectivity index (χ1v) is 9.67. The molecule has 1 nitrogen and oxygen atoms in total. The molecule has 0 saturated carbocycles. The first-order valence-electron chi connectivity index (χ1n) is 9.67. The van der Waals surface area contributed by atoms with E-state index in [0.29, 0.717) is 0 Å². The van der Waals surface area contributed by atoms with Crippen molar-refractivity contribution in [2.75, 3.05) is 0 Å². The van der Waals surface area contributed by atoms with Crippen molar-refractivity contribution < 1.29 is 0 Å². The van der Waals surface area contributed by atoms with Gasteiger partial charge < -0.3 is 0 Å². The SMILES string of the molecule is N#Cc1ccc(CCCCCC=C(c2ccccc2)c2ccccc2)cc1. The van der Waals surface area contributed by atoms with Gasteiger partial charge in [-0.2, -0.15) is 5.26 Å². The highest BCUT2D eigenvalue weighted by atomic mass is 14.2. The molecule has 0 aliphatic carbocycles. The molecular formula is C26H25N. The van der Waals surface area contributed by atoms with E-state index in [2.05, 4.69) is 84.9 Å². The summed E-state index contributed by atoms with van der Waals surface area (Å²) in [6.45, 7) is 0. The standard InChI is InChI=1S/C26H25N/c27-21-23-19-17-22(18-20-23)11-5-1-2-10-16-26(24-12-6-3-7-13-24)25-14-8-4-9-15-25/h3-4,6-9,12-20H,1-2,5,10-11H2. The number of nitriles is 1. The van der Waals surface area contributed by atoms with Crippen LogP contribution in [-0.2, 0) is 6.42 Å². The zero-order chi connectivity index (χ0) is 18.7. The van der Waals surface area contributed by atoms with Crippen LogP contribution < -0.4 is 0 Å². The fourth-order valence-electron chi connectivity index (χ4n) is 3.28. The summed E-state index contributed by atoms with van der Waals surface area (Å²) < 4.78 is 0. The van der Waals surface area contributed by atoms with Crippen molar-refractivity contribution in [3.8, 4) is 6.07 Å². The lowest BCUT2D eigenvalue weighted by Gasteiger charge is -2.09. The van der Waals surface area contributed by atoms with Crippen molar-refractivity contribution in [2.24, 2.45) is 0 Å². The van der Waals surface area contributed by atoms with Gasteiger partial charge in [0.1, 0.15) is 0 Å². The third kappa shape index (κ3) is 5.69. The van der Waals surface area contributed by atoms with E-state index in [4.69, 9.17) is 5.26 Å². The highest BCUT2D eigenvalue weighted by Gasteiger charge is 2.03. The van der Waals surface area contributed by atoms with E-state index in [1.807, 2.05) is 12.1 Å². The predicted octanol–water partition coefficient (Wildman–Crippen LogP) is 6.79. The minimum atomic E-state index is 0.734. The first-order chi connectivity index (χ1) is 13.4. The summed E-state index contributed by atoms with van der Waals surface area (Å²) in [7, 11) is 0. The molecule has 0 fully saturated rings. The average Bonchev–Trinajstić information content (AvgIpc) is 2.75. The summed E-state index contributed by atoms with van der Waals surface area (Å²) in [4.78, 5) is 0. The van der Waals surface area contributed by atoms with Gasteiger partial charge in [0.05, 0.1) is 11.6 Å². The molecule has 0 unspecified atom stereocenters. The molecule has 0 atom stereocenters. The molecule has 0 heterocycles. The highest BCUT2D eigenvalue weighted by molar-refractivity contribution is 5.79. The van der Waals surface area contributed by atoms with Gasteiger partial charge in [-0.25, -0.2) is 0 Å². The maximum atomic E-state index is 8.86. The maximum Gasteiger partial charge on any atom is 0.0991 e. The fourth-order valence-corrected chi connectivity index (χ4v) is 3.28. The summed E-state index contributed by atoms with van der Waals surface area (Å²) in [5.74, 6) is 0. The zero-order valence-electron chi connectivity index (χ0n) is 15.6. The van der Waals surface area contributed by atoms with E-state index in [-0.39, 0.29) is 0 Å². The molecule has 0 bridgehead atoms. The zero-order valence-corrected chi connectivity index (χ0v) is 15.6. The van der Waals surface area contributed by atoms with Gasteiger partial charge in [-0.1, -0.05) is 85.3 Å². The average molecular weight is 351 g/mol. The number of allylic oxidation sites excluding steroid dienone is 1. The van der Waals surface area contributed by atoms with E-state index in [1.54, 1.807) is 0 Å². The van der Waals surface area contributed by atoms with Crippen LogP contribution in [-0.4, -0.2) is 0 Å². The Morgan fingerprint density at radius 1 is 0.704 bits per heavy atom. The minimum Gasteiger partial charge on any atom is -0.192 e. The molecule has 3 aromatic rings. The maximum absolute atomic E-state index is 8.86. The van der Waals surface area contributed by atoms with Gasteiger partial charge in [0, 0.05) is 0 Å². The number of rotatable bonds is 8. The Hall–Kier alpha value is -3.11. The van der Waals surface area contributed by atoms with Crippen molar-refractivity contribution in [1.82, 2.24) is 0 Å². The smallest absolute Gasteiger partial charge is 0.0991 e. The Kier molecular flexibility index (Phi) is 7.01. The molecule has 27 heavy (non-hydrogen) atoms. The van der Waals surface area contributed by atoms with Gasteiger partial charge in [-0.05, 0) is 60.1 Å². The molecule has 0 aliphatic heterocycles. The first kappa shape index (κ1) is 18.7. The van der Waals surface area contributed by atoms with Crippen LogP contribution in [0.25, 0.3) is 5.57 Å². The second-order valence-corrected chi connectivity index (χ2v) is 6.76. The molecule has 0 aliphatic rings. The molecule has 3 rings (SSSR count). The fraction of sp³-hybridized carbons (Fsp3) is 0.192. The number of benzene rings is 3. The van der Waals surface area contributed by atoms with Crippen molar-refractivity contribution in [3.63, 3.8) is 0 Å². The topological polar surface area (TPSA) is 23.8 Å². The lowest BCUT2D eigenvalue weighted by Crippen LogP contribution is -1.89. The van der Waals surface area contributed by atoms with Crippen molar-refractivity contribution in [3.05, 3.63) is 113 Å². The largest absolute Gasteiger partial charge is 0.192 e. The summed E-state index contributed by atoms with van der Waals surface area (Å²) in [6.07, 6.45) is 8.15. The van der Waals surface area contributed by atoms with Crippen LogP contribution in [0.15, 0.2) is 91.0 Å². The summed E-state index contributed by atoms with van der Waals surface area (Å²) >= 11 is 0. The minimum absolute atomic E-state index is 0.734. The molecule has 0 amide bonds. The van der Waals surface area contributed by atoms with E-state index in [0.717, 1.165) is 18.4 Å². The molecule has 134 valence electrons. The van der Waals surface area contributed by atoms with Crippen molar-refractivity contribution in [2.45, 2.75) is 32.1 Å². The lowest BCUT2D eigenvalue weighted by molar-refractivity contribution is 0.687. The van der Waals surface area contributed by atoms with Crippen LogP contribution in [0.3, 0.4) is 0 Å². The van der Waals surface area contributed by atoms with Crippen LogP contribution in [0.4, 0.5) is 0 Å². The molecular weight excluding hydrogens is 326 g/mol. The Morgan fingerprint density at radius 3 is 1.85 bits per heavy atom. The van der Waals surface area contributed by atoms with E-state index in [1.165, 1.54) is 41.5 Å². The molecule has 3 aromatic carbocycles. The van der Waals surface area contributed by atoms with Gasteiger partial charge in [-0.15, -0.1) is 0 Å². The van der Waals surface area contributed by atoms with Gasteiger partial charge in [-0.3, -0.25) is 0 Å². The monoisotopic (exact) mass is 351 g/mol. The van der Waals surface area contributed by atoms with Crippen molar-refractivity contribution in [1.29, 1.82) is 5.26 Å². The number of nitrogens with zero attached hydrogens (tertiary/aromatic N) is 1. The highest BCUT2D eigenvalue weighted by Crippen LogP contribution is 2.24. The molecule has 0 N–H and O–H groups in total. The number of unbranched alkanes of at least 4 members (excludes halogenated alkanes) is 3. The predicted molar refractivity (Wildman–Crippen MR) is 113 cm³/mol. The van der Waals surface area contributed by atoms with Crippen LogP contribution in [0.5, 0.6) is 0 Å². The van der Waals surface area contributed by atoms with E-state index < -0.39 is 0 Å².